The summed E-state index contributed by atoms with van der Waals surface area (Å²) < 4.78 is 40.8. The van der Waals surface area contributed by atoms with Gasteiger partial charge in [-0.1, -0.05) is 17.7 Å². The van der Waals surface area contributed by atoms with Gasteiger partial charge in [0.25, 0.3) is 5.91 Å². The minimum Gasteiger partial charge on any atom is -0.370 e. The summed E-state index contributed by atoms with van der Waals surface area (Å²) in [6.07, 6.45) is 2.58. The van der Waals surface area contributed by atoms with Crippen LogP contribution in [0, 0.1) is 5.92 Å². The smallest absolute Gasteiger partial charge is 0.370 e. The Hall–Kier alpha value is -2.74. The Morgan fingerprint density at radius 1 is 1.16 bits per heavy atom. The molecule has 2 N–H and O–H groups in total. The molecule has 0 atom stereocenters. The molecule has 0 aliphatic heterocycles. The number of hydrogen-bond donors (Lipinski definition) is 2. The quantitative estimate of drug-likeness (QED) is 0.546. The van der Waals surface area contributed by atoms with Gasteiger partial charge in [0.05, 0.1) is 22.3 Å². The van der Waals surface area contributed by atoms with Crippen LogP contribution in [0.25, 0.3) is 5.65 Å². The number of hydrogen-bond acceptors (Lipinski definition) is 3. The third-order valence-corrected chi connectivity index (χ3v) is 6.04. The molecule has 0 radical (unpaired) electrons. The number of alkyl halides is 3. The number of pyridine rings is 1. The normalized spacial score (nSPS) is 19.4. The molecule has 9 heteroatoms. The number of rotatable bonds is 5. The van der Waals surface area contributed by atoms with E-state index in [1.54, 1.807) is 6.20 Å². The molecule has 0 spiro atoms. The van der Waals surface area contributed by atoms with Gasteiger partial charge in [-0.15, -0.1) is 0 Å². The van der Waals surface area contributed by atoms with Gasteiger partial charge in [0.15, 0.2) is 0 Å². The maximum Gasteiger partial charge on any atom is 0.416 e. The minimum absolute atomic E-state index is 0.0106. The van der Waals surface area contributed by atoms with Gasteiger partial charge < -0.3 is 10.6 Å². The number of carbonyl (C=O) groups is 1. The summed E-state index contributed by atoms with van der Waals surface area (Å²) in [5, 5.41) is 6.29. The Balaban J connectivity index is 1.30. The number of aromatic nitrogens is 2. The molecule has 1 aliphatic carbocycles. The van der Waals surface area contributed by atoms with Crippen molar-refractivity contribution < 1.29 is 18.0 Å². The zero-order chi connectivity index (χ0) is 22.0. The highest BCUT2D eigenvalue weighted by Crippen LogP contribution is 2.32. The lowest BCUT2D eigenvalue weighted by molar-refractivity contribution is -0.137. The van der Waals surface area contributed by atoms with Crippen LogP contribution in [0.1, 0.15) is 41.6 Å². The van der Waals surface area contributed by atoms with Crippen LogP contribution in [0.15, 0.2) is 48.8 Å². The van der Waals surface area contributed by atoms with Crippen LogP contribution < -0.4 is 10.6 Å². The predicted molar refractivity (Wildman–Crippen MR) is 113 cm³/mol. The van der Waals surface area contributed by atoms with E-state index in [2.05, 4.69) is 15.6 Å². The first-order chi connectivity index (χ1) is 14.8. The molecule has 1 saturated carbocycles. The van der Waals surface area contributed by atoms with E-state index in [0.29, 0.717) is 5.92 Å². The lowest BCUT2D eigenvalue weighted by Crippen LogP contribution is -2.38. The monoisotopic (exact) mass is 450 g/mol. The molecule has 2 aromatic heterocycles. The highest BCUT2D eigenvalue weighted by atomic mass is 35.5. The zero-order valence-electron chi connectivity index (χ0n) is 16.6. The molecule has 4 rings (SSSR count). The molecule has 1 aliphatic rings. The highest BCUT2D eigenvalue weighted by molar-refractivity contribution is 6.33. The van der Waals surface area contributed by atoms with Gasteiger partial charge in [-0.2, -0.15) is 13.2 Å². The molecule has 31 heavy (non-hydrogen) atoms. The molecule has 1 aromatic carbocycles. The molecule has 1 amide bonds. The predicted octanol–water partition coefficient (Wildman–Crippen LogP) is 5.41. The number of benzene rings is 1. The van der Waals surface area contributed by atoms with Gasteiger partial charge in [-0.05, 0) is 61.9 Å². The number of amides is 1. The maximum atomic E-state index is 12.9. The van der Waals surface area contributed by atoms with Crippen molar-refractivity contribution in [1.29, 1.82) is 0 Å². The first kappa shape index (κ1) is 21.5. The van der Waals surface area contributed by atoms with Crippen molar-refractivity contribution in [2.45, 2.75) is 37.9 Å². The summed E-state index contributed by atoms with van der Waals surface area (Å²) in [7, 11) is 0. The van der Waals surface area contributed by atoms with Crippen LogP contribution in [-0.4, -0.2) is 27.9 Å². The van der Waals surface area contributed by atoms with Crippen molar-refractivity contribution >= 4 is 29.0 Å². The second kappa shape index (κ2) is 8.78. The van der Waals surface area contributed by atoms with E-state index in [-0.39, 0.29) is 16.6 Å². The highest BCUT2D eigenvalue weighted by Gasteiger charge is 2.32. The SMILES string of the molecule is O=C(N[C@H]1CC[C@@H](CNc2cnc3ccccn23)CC1)c1cc(C(F)(F)F)ccc1Cl. The van der Waals surface area contributed by atoms with Gasteiger partial charge in [0.2, 0.25) is 0 Å². The van der Waals surface area contributed by atoms with Gasteiger partial charge >= 0.3 is 6.18 Å². The third kappa shape index (κ3) is 4.95. The van der Waals surface area contributed by atoms with E-state index in [9.17, 15) is 18.0 Å². The standard InChI is InChI=1S/C22H22ClF3N4O/c23-18-9-6-15(22(24,25)26)11-17(18)21(31)29-16-7-4-14(5-8-16)12-27-20-13-28-19-3-1-2-10-30(19)20/h1-3,6,9-11,13-14,16,27H,4-5,7-8,12H2,(H,29,31)/t14-,16+. The minimum atomic E-state index is -4.52. The van der Waals surface area contributed by atoms with Crippen molar-refractivity contribution in [3.8, 4) is 0 Å². The summed E-state index contributed by atoms with van der Waals surface area (Å²) in [6, 6.07) is 8.55. The molecule has 2 heterocycles. The summed E-state index contributed by atoms with van der Waals surface area (Å²) in [5.41, 5.74) is -0.151. The van der Waals surface area contributed by atoms with Crippen molar-refractivity contribution in [1.82, 2.24) is 14.7 Å². The van der Waals surface area contributed by atoms with Gasteiger partial charge in [-0.25, -0.2) is 4.98 Å². The van der Waals surface area contributed by atoms with Crippen LogP contribution in [0.4, 0.5) is 19.0 Å². The van der Waals surface area contributed by atoms with Gasteiger partial charge in [0.1, 0.15) is 11.5 Å². The fourth-order valence-corrected chi connectivity index (χ4v) is 4.17. The van der Waals surface area contributed by atoms with Crippen LogP contribution in [0.2, 0.25) is 5.02 Å². The second-order valence-electron chi connectivity index (χ2n) is 7.84. The first-order valence-corrected chi connectivity index (χ1v) is 10.5. The Morgan fingerprint density at radius 3 is 2.68 bits per heavy atom. The molecular weight excluding hydrogens is 429 g/mol. The second-order valence-corrected chi connectivity index (χ2v) is 8.24. The molecule has 0 unspecified atom stereocenters. The van der Waals surface area contributed by atoms with E-state index in [0.717, 1.165) is 61.9 Å². The fourth-order valence-electron chi connectivity index (χ4n) is 3.96. The van der Waals surface area contributed by atoms with Crippen molar-refractivity contribution in [2.24, 2.45) is 5.92 Å². The summed E-state index contributed by atoms with van der Waals surface area (Å²) >= 11 is 5.97. The largest absolute Gasteiger partial charge is 0.416 e. The zero-order valence-corrected chi connectivity index (χ0v) is 17.4. The Bertz CT molecular complexity index is 1070. The number of nitrogens with one attached hydrogen (secondary N) is 2. The van der Waals surface area contributed by atoms with Crippen molar-refractivity contribution in [2.75, 3.05) is 11.9 Å². The van der Waals surface area contributed by atoms with E-state index >= 15 is 0 Å². The number of anilines is 1. The van der Waals surface area contributed by atoms with Crippen molar-refractivity contribution in [3.63, 3.8) is 0 Å². The molecular formula is C22H22ClF3N4O. The lowest BCUT2D eigenvalue weighted by atomic mass is 9.86. The Morgan fingerprint density at radius 2 is 1.94 bits per heavy atom. The number of carbonyl (C=O) groups excluding carboxylic acids is 1. The fraction of sp³-hybridized carbons (Fsp3) is 0.364. The topological polar surface area (TPSA) is 58.4 Å². The number of fused-ring (bicyclic) bond motifs is 1. The number of halogens is 4. The average Bonchev–Trinajstić information content (AvgIpc) is 3.16. The molecule has 164 valence electrons. The Labute approximate surface area is 182 Å². The van der Waals surface area contributed by atoms with Crippen LogP contribution >= 0.6 is 11.6 Å². The van der Waals surface area contributed by atoms with E-state index in [1.165, 1.54) is 0 Å². The van der Waals surface area contributed by atoms with Gasteiger partial charge in [-0.3, -0.25) is 9.20 Å². The van der Waals surface area contributed by atoms with E-state index in [4.69, 9.17) is 11.6 Å². The van der Waals surface area contributed by atoms with Crippen LogP contribution in [0.5, 0.6) is 0 Å². The maximum absolute atomic E-state index is 12.9. The summed E-state index contributed by atoms with van der Waals surface area (Å²) in [5.74, 6) is 0.813. The summed E-state index contributed by atoms with van der Waals surface area (Å²) in [6.45, 7) is 0.794. The summed E-state index contributed by atoms with van der Waals surface area (Å²) in [4.78, 5) is 16.9. The molecule has 1 fully saturated rings. The van der Waals surface area contributed by atoms with E-state index in [1.807, 2.05) is 28.8 Å². The van der Waals surface area contributed by atoms with E-state index < -0.39 is 17.6 Å². The molecule has 3 aromatic rings. The van der Waals surface area contributed by atoms with Crippen molar-refractivity contribution in [3.05, 3.63) is 64.9 Å². The van der Waals surface area contributed by atoms with Crippen LogP contribution in [0.3, 0.4) is 0 Å². The van der Waals surface area contributed by atoms with Gasteiger partial charge in [0, 0.05) is 18.8 Å². The molecule has 5 nitrogen and oxygen atoms in total. The van der Waals surface area contributed by atoms with Crippen LogP contribution in [-0.2, 0) is 6.18 Å². The average molecular weight is 451 g/mol. The Kier molecular flexibility index (Phi) is 6.09. The third-order valence-electron chi connectivity index (χ3n) is 5.71. The number of imidazole rings is 1. The first-order valence-electron chi connectivity index (χ1n) is 10.1. The lowest BCUT2D eigenvalue weighted by Gasteiger charge is -2.29. The number of nitrogens with zero attached hydrogens (tertiary/aromatic N) is 2. The molecule has 0 bridgehead atoms. The molecule has 0 saturated heterocycles.